The Kier molecular flexibility index (Phi) is 7.07. The third kappa shape index (κ3) is 4.87. The molecule has 3 aromatic rings. The highest BCUT2D eigenvalue weighted by Crippen LogP contribution is 2.31. The van der Waals surface area contributed by atoms with Crippen LogP contribution in [0.25, 0.3) is 5.69 Å². The van der Waals surface area contributed by atoms with Crippen molar-refractivity contribution < 1.29 is 13.6 Å². The van der Waals surface area contributed by atoms with Crippen molar-refractivity contribution in [3.8, 4) is 5.69 Å². The van der Waals surface area contributed by atoms with Gasteiger partial charge in [0.2, 0.25) is 0 Å². The molecule has 8 heteroatoms. The molecule has 0 radical (unpaired) electrons. The van der Waals surface area contributed by atoms with Crippen molar-refractivity contribution in [2.24, 2.45) is 0 Å². The maximum atomic E-state index is 14.1. The number of carbonyl (C=O) groups is 1. The standard InChI is InChI=1S/C26H34FN5O2/c1-18(2)29-11-13-30(14-12-29)25-23(17-31(19(3)4)26(33)24-10-7-15-34-24)20(5)28-32(25)22-9-6-8-21(27)16-22/h6-10,15-16,18-19H,11-14,17H2,1-5H3. The van der Waals surface area contributed by atoms with Crippen LogP contribution in [-0.4, -0.2) is 63.8 Å². The molecule has 0 aliphatic carbocycles. The van der Waals surface area contributed by atoms with Gasteiger partial charge in [-0.3, -0.25) is 9.69 Å². The zero-order valence-electron chi connectivity index (χ0n) is 20.7. The molecule has 0 bridgehead atoms. The first-order valence-corrected chi connectivity index (χ1v) is 11.9. The number of hydrogen-bond donors (Lipinski definition) is 0. The Bertz CT molecular complexity index is 1110. The summed E-state index contributed by atoms with van der Waals surface area (Å²) in [7, 11) is 0. The maximum absolute atomic E-state index is 14.1. The first-order valence-electron chi connectivity index (χ1n) is 11.9. The molecule has 1 aromatic carbocycles. The minimum atomic E-state index is -0.306. The van der Waals surface area contributed by atoms with E-state index in [1.165, 1.54) is 18.4 Å². The summed E-state index contributed by atoms with van der Waals surface area (Å²) in [5, 5.41) is 4.82. The van der Waals surface area contributed by atoms with Crippen LogP contribution in [0.4, 0.5) is 10.2 Å². The molecule has 1 aliphatic heterocycles. The van der Waals surface area contributed by atoms with Crippen LogP contribution in [0.1, 0.15) is 49.5 Å². The minimum Gasteiger partial charge on any atom is -0.459 e. The first kappa shape index (κ1) is 24.0. The molecule has 0 spiro atoms. The average molecular weight is 468 g/mol. The van der Waals surface area contributed by atoms with Crippen molar-refractivity contribution in [3.63, 3.8) is 0 Å². The second kappa shape index (κ2) is 10.0. The molecule has 2 aromatic heterocycles. The average Bonchev–Trinajstić information content (AvgIpc) is 3.45. The fourth-order valence-corrected chi connectivity index (χ4v) is 4.50. The van der Waals surface area contributed by atoms with E-state index in [2.05, 4.69) is 23.6 Å². The zero-order valence-corrected chi connectivity index (χ0v) is 20.7. The maximum Gasteiger partial charge on any atom is 0.290 e. The molecule has 3 heterocycles. The third-order valence-corrected chi connectivity index (χ3v) is 6.50. The summed E-state index contributed by atoms with van der Waals surface area (Å²) in [6, 6.07) is 10.3. The molecule has 4 rings (SSSR count). The van der Waals surface area contributed by atoms with E-state index in [-0.39, 0.29) is 17.8 Å². The molecule has 1 fully saturated rings. The van der Waals surface area contributed by atoms with Gasteiger partial charge in [-0.1, -0.05) is 6.07 Å². The van der Waals surface area contributed by atoms with Crippen molar-refractivity contribution >= 4 is 11.7 Å². The highest BCUT2D eigenvalue weighted by atomic mass is 19.1. The Morgan fingerprint density at radius 3 is 2.44 bits per heavy atom. The largest absolute Gasteiger partial charge is 0.459 e. The van der Waals surface area contributed by atoms with Gasteiger partial charge in [0.1, 0.15) is 11.6 Å². The van der Waals surface area contributed by atoms with Crippen LogP contribution in [0.2, 0.25) is 0 Å². The molecular weight excluding hydrogens is 433 g/mol. The highest BCUT2D eigenvalue weighted by molar-refractivity contribution is 5.91. The van der Waals surface area contributed by atoms with E-state index >= 15 is 0 Å². The second-order valence-electron chi connectivity index (χ2n) is 9.40. The Morgan fingerprint density at radius 1 is 1.12 bits per heavy atom. The van der Waals surface area contributed by atoms with Crippen LogP contribution in [-0.2, 0) is 6.54 Å². The summed E-state index contributed by atoms with van der Waals surface area (Å²) >= 11 is 0. The number of piperazine rings is 1. The first-order chi connectivity index (χ1) is 16.3. The summed E-state index contributed by atoms with van der Waals surface area (Å²) in [6.45, 7) is 14.3. The van der Waals surface area contributed by atoms with Crippen LogP contribution in [0, 0.1) is 12.7 Å². The van der Waals surface area contributed by atoms with Gasteiger partial charge in [-0.2, -0.15) is 5.10 Å². The van der Waals surface area contributed by atoms with Crippen molar-refractivity contribution in [2.45, 2.75) is 53.2 Å². The van der Waals surface area contributed by atoms with Crippen molar-refractivity contribution in [2.75, 3.05) is 31.1 Å². The van der Waals surface area contributed by atoms with Gasteiger partial charge in [0.05, 0.1) is 24.2 Å². The summed E-state index contributed by atoms with van der Waals surface area (Å²) in [4.78, 5) is 19.8. The number of aryl methyl sites for hydroxylation is 1. The third-order valence-electron chi connectivity index (χ3n) is 6.50. The minimum absolute atomic E-state index is 0.0415. The van der Waals surface area contributed by atoms with E-state index in [1.54, 1.807) is 23.1 Å². The summed E-state index contributed by atoms with van der Waals surface area (Å²) in [5.74, 6) is 0.772. The topological polar surface area (TPSA) is 57.8 Å². The lowest BCUT2D eigenvalue weighted by molar-refractivity contribution is 0.0657. The van der Waals surface area contributed by atoms with E-state index in [0.29, 0.717) is 24.0 Å². The quantitative estimate of drug-likeness (QED) is 0.512. The number of anilines is 1. The molecule has 0 N–H and O–H groups in total. The molecular formula is C26H34FN5O2. The van der Waals surface area contributed by atoms with Crippen molar-refractivity contribution in [3.05, 3.63) is 65.5 Å². The number of furan rings is 1. The molecule has 1 aliphatic rings. The number of benzene rings is 1. The Morgan fingerprint density at radius 2 is 1.85 bits per heavy atom. The number of hydrogen-bond acceptors (Lipinski definition) is 5. The van der Waals surface area contributed by atoms with Crippen LogP contribution in [0.15, 0.2) is 47.1 Å². The smallest absolute Gasteiger partial charge is 0.290 e. The monoisotopic (exact) mass is 467 g/mol. The predicted octanol–water partition coefficient (Wildman–Crippen LogP) is 4.49. The van der Waals surface area contributed by atoms with Gasteiger partial charge < -0.3 is 14.2 Å². The Balaban J connectivity index is 1.75. The van der Waals surface area contributed by atoms with Crippen LogP contribution < -0.4 is 4.90 Å². The van der Waals surface area contributed by atoms with E-state index in [0.717, 1.165) is 43.3 Å². The SMILES string of the molecule is Cc1nn(-c2cccc(F)c2)c(N2CCN(C(C)C)CC2)c1CN(C(=O)c1ccco1)C(C)C. The van der Waals surface area contributed by atoms with Gasteiger partial charge in [-0.15, -0.1) is 0 Å². The van der Waals surface area contributed by atoms with Gasteiger partial charge in [0.25, 0.3) is 5.91 Å². The molecule has 1 amide bonds. The molecule has 0 atom stereocenters. The van der Waals surface area contributed by atoms with Gasteiger partial charge in [0.15, 0.2) is 5.76 Å². The van der Waals surface area contributed by atoms with Gasteiger partial charge in [0, 0.05) is 43.8 Å². The second-order valence-corrected chi connectivity index (χ2v) is 9.40. The van der Waals surface area contributed by atoms with Crippen LogP contribution in [0.3, 0.4) is 0 Å². The lowest BCUT2D eigenvalue weighted by Crippen LogP contribution is -2.49. The highest BCUT2D eigenvalue weighted by Gasteiger charge is 2.30. The van der Waals surface area contributed by atoms with Crippen molar-refractivity contribution in [1.29, 1.82) is 0 Å². The van der Waals surface area contributed by atoms with E-state index in [1.807, 2.05) is 31.5 Å². The molecule has 182 valence electrons. The zero-order chi connectivity index (χ0) is 24.4. The Labute approximate surface area is 200 Å². The van der Waals surface area contributed by atoms with Crippen LogP contribution >= 0.6 is 0 Å². The number of halogens is 1. The number of amides is 1. The number of carbonyl (C=O) groups excluding carboxylic acids is 1. The van der Waals surface area contributed by atoms with E-state index < -0.39 is 0 Å². The summed E-state index contributed by atoms with van der Waals surface area (Å²) in [5.41, 5.74) is 2.46. The number of rotatable bonds is 7. The Hall–Kier alpha value is -3.13. The van der Waals surface area contributed by atoms with Gasteiger partial charge in [-0.25, -0.2) is 9.07 Å². The molecule has 7 nitrogen and oxygen atoms in total. The molecule has 34 heavy (non-hydrogen) atoms. The lowest BCUT2D eigenvalue weighted by Gasteiger charge is -2.39. The fourth-order valence-electron chi connectivity index (χ4n) is 4.50. The fraction of sp³-hybridized carbons (Fsp3) is 0.462. The molecule has 0 saturated carbocycles. The number of aromatic nitrogens is 2. The molecule has 1 saturated heterocycles. The molecule has 0 unspecified atom stereocenters. The van der Waals surface area contributed by atoms with Crippen molar-refractivity contribution in [1.82, 2.24) is 19.6 Å². The summed E-state index contributed by atoms with van der Waals surface area (Å²) < 4.78 is 21.3. The van der Waals surface area contributed by atoms with Gasteiger partial charge in [-0.05, 0) is 65.0 Å². The number of nitrogens with zero attached hydrogens (tertiary/aromatic N) is 5. The van der Waals surface area contributed by atoms with Gasteiger partial charge >= 0.3 is 0 Å². The van der Waals surface area contributed by atoms with Crippen LogP contribution in [0.5, 0.6) is 0 Å². The lowest BCUT2D eigenvalue weighted by atomic mass is 10.1. The summed E-state index contributed by atoms with van der Waals surface area (Å²) in [6.07, 6.45) is 1.51. The van der Waals surface area contributed by atoms with E-state index in [9.17, 15) is 9.18 Å². The normalized spacial score (nSPS) is 14.9. The van der Waals surface area contributed by atoms with E-state index in [4.69, 9.17) is 9.52 Å². The predicted molar refractivity (Wildman–Crippen MR) is 131 cm³/mol.